The van der Waals surface area contributed by atoms with Crippen molar-refractivity contribution in [1.82, 2.24) is 0 Å². The quantitative estimate of drug-likeness (QED) is 0.631. The van der Waals surface area contributed by atoms with Crippen LogP contribution in [0.2, 0.25) is 0 Å². The predicted octanol–water partition coefficient (Wildman–Crippen LogP) is 3.11. The number of anilines is 1. The average molecular weight is 288 g/mol. The van der Waals surface area contributed by atoms with Crippen LogP contribution in [-0.2, 0) is 14.9 Å². The molecule has 0 bridgehead atoms. The van der Waals surface area contributed by atoms with E-state index < -0.39 is 6.09 Å². The zero-order valence-electron chi connectivity index (χ0n) is 9.27. The fourth-order valence-electron chi connectivity index (χ4n) is 1.25. The third kappa shape index (κ3) is 2.96. The van der Waals surface area contributed by atoms with Crippen LogP contribution in [0.5, 0.6) is 0 Å². The molecule has 0 unspecified atom stereocenters. The van der Waals surface area contributed by atoms with Crippen molar-refractivity contribution in [3.8, 4) is 0 Å². The molecule has 4 nitrogen and oxygen atoms in total. The average Bonchev–Trinajstić information content (AvgIpc) is 2.35. The molecule has 0 saturated heterocycles. The Kier molecular flexibility index (Phi) is 5.28. The highest BCUT2D eigenvalue weighted by atomic mass is 79.9. The van der Waals surface area contributed by atoms with Crippen molar-refractivity contribution in [3.05, 3.63) is 29.8 Å². The predicted molar refractivity (Wildman–Crippen MR) is 65.6 cm³/mol. The Morgan fingerprint density at radius 3 is 2.69 bits per heavy atom. The second-order valence-electron chi connectivity index (χ2n) is 2.94. The molecule has 0 radical (unpaired) electrons. The molecule has 16 heavy (non-hydrogen) atoms. The summed E-state index contributed by atoms with van der Waals surface area (Å²) in [5.41, 5.74) is 1.65. The largest absolute Gasteiger partial charge is 0.451 e. The second-order valence-corrected chi connectivity index (χ2v) is 3.51. The molecule has 0 spiro atoms. The Morgan fingerprint density at radius 1 is 1.44 bits per heavy atom. The van der Waals surface area contributed by atoms with Gasteiger partial charge in [-0.2, -0.15) is 5.06 Å². The highest BCUT2D eigenvalue weighted by molar-refractivity contribution is 9.08. The Hall–Kier alpha value is -1.07. The van der Waals surface area contributed by atoms with Gasteiger partial charge in [-0.3, -0.25) is 4.84 Å². The third-order valence-electron chi connectivity index (χ3n) is 1.95. The first-order chi connectivity index (χ1) is 7.74. The van der Waals surface area contributed by atoms with Crippen molar-refractivity contribution >= 4 is 27.7 Å². The molecule has 1 aromatic rings. The lowest BCUT2D eigenvalue weighted by atomic mass is 10.2. The number of carbonyl (C=O) groups is 1. The van der Waals surface area contributed by atoms with Gasteiger partial charge in [-0.05, 0) is 18.6 Å². The number of amides is 1. The fraction of sp³-hybridized carbons (Fsp3) is 0.364. The van der Waals surface area contributed by atoms with Gasteiger partial charge in [0.05, 0.1) is 19.4 Å². The molecule has 0 atom stereocenters. The maximum atomic E-state index is 11.5. The summed E-state index contributed by atoms with van der Waals surface area (Å²) < 4.78 is 4.67. The molecule has 1 amide bonds. The zero-order valence-corrected chi connectivity index (χ0v) is 10.9. The first kappa shape index (κ1) is 13.0. The van der Waals surface area contributed by atoms with Gasteiger partial charge in [0.25, 0.3) is 0 Å². The lowest BCUT2D eigenvalue weighted by Crippen LogP contribution is -2.31. The Labute approximate surface area is 103 Å². The molecule has 0 aromatic heterocycles. The van der Waals surface area contributed by atoms with Crippen molar-refractivity contribution in [1.29, 1.82) is 0 Å². The minimum Gasteiger partial charge on any atom is -0.451 e. The molecule has 1 rings (SSSR count). The van der Waals surface area contributed by atoms with Gasteiger partial charge >= 0.3 is 6.09 Å². The molecule has 0 aliphatic heterocycles. The number of hydrogen-bond donors (Lipinski definition) is 0. The van der Waals surface area contributed by atoms with Gasteiger partial charge in [-0.25, -0.2) is 4.79 Å². The first-order valence-electron chi connectivity index (χ1n) is 4.89. The number of rotatable bonds is 4. The molecule has 0 saturated carbocycles. The maximum Gasteiger partial charge on any atom is 0.438 e. The van der Waals surface area contributed by atoms with Crippen LogP contribution in [0.4, 0.5) is 10.5 Å². The van der Waals surface area contributed by atoms with Crippen LogP contribution in [0.25, 0.3) is 0 Å². The number of benzene rings is 1. The van der Waals surface area contributed by atoms with Gasteiger partial charge in [0, 0.05) is 5.33 Å². The number of halogens is 1. The van der Waals surface area contributed by atoms with E-state index in [1.54, 1.807) is 0 Å². The van der Waals surface area contributed by atoms with Gasteiger partial charge in [0.15, 0.2) is 0 Å². The van der Waals surface area contributed by atoms with Gasteiger partial charge in [0.1, 0.15) is 0 Å². The van der Waals surface area contributed by atoms with E-state index in [0.717, 1.165) is 10.6 Å². The highest BCUT2D eigenvalue weighted by Crippen LogP contribution is 2.23. The van der Waals surface area contributed by atoms with E-state index in [0.29, 0.717) is 17.6 Å². The van der Waals surface area contributed by atoms with Crippen LogP contribution in [0.1, 0.15) is 12.5 Å². The summed E-state index contributed by atoms with van der Waals surface area (Å²) in [6.45, 7) is 2.21. The molecule has 5 heteroatoms. The van der Waals surface area contributed by atoms with Crippen molar-refractivity contribution in [2.24, 2.45) is 0 Å². The van der Waals surface area contributed by atoms with Gasteiger partial charge in [-0.1, -0.05) is 34.1 Å². The molecule has 0 fully saturated rings. The molecular formula is C11H14BrNO3. The molecular weight excluding hydrogens is 274 g/mol. The van der Waals surface area contributed by atoms with Gasteiger partial charge in [0.2, 0.25) is 0 Å². The Bertz CT molecular complexity index is 357. The van der Waals surface area contributed by atoms with E-state index >= 15 is 0 Å². The number of methoxy groups -OCH3 is 1. The van der Waals surface area contributed by atoms with Gasteiger partial charge in [-0.15, -0.1) is 0 Å². The zero-order chi connectivity index (χ0) is 12.0. The van der Waals surface area contributed by atoms with Crippen molar-refractivity contribution in [2.75, 3.05) is 18.8 Å². The van der Waals surface area contributed by atoms with Crippen LogP contribution in [0.3, 0.4) is 0 Å². The molecule has 0 aliphatic carbocycles. The summed E-state index contributed by atoms with van der Waals surface area (Å²) in [5.74, 6) is 0. The van der Waals surface area contributed by atoms with Crippen molar-refractivity contribution in [3.63, 3.8) is 0 Å². The second kappa shape index (κ2) is 6.50. The molecule has 0 N–H and O–H groups in total. The van der Waals surface area contributed by atoms with E-state index in [4.69, 9.17) is 4.84 Å². The smallest absolute Gasteiger partial charge is 0.438 e. The monoisotopic (exact) mass is 287 g/mol. The minimum absolute atomic E-state index is 0.395. The number of hydroxylamine groups is 1. The lowest BCUT2D eigenvalue weighted by Gasteiger charge is -2.21. The molecule has 88 valence electrons. The van der Waals surface area contributed by atoms with E-state index in [1.807, 2.05) is 31.2 Å². The summed E-state index contributed by atoms with van der Waals surface area (Å²) in [4.78, 5) is 16.8. The topological polar surface area (TPSA) is 38.8 Å². The first-order valence-corrected chi connectivity index (χ1v) is 6.01. The fourth-order valence-corrected chi connectivity index (χ4v) is 1.73. The molecule has 0 aliphatic rings. The van der Waals surface area contributed by atoms with E-state index in [9.17, 15) is 4.79 Å². The van der Waals surface area contributed by atoms with Crippen LogP contribution in [0.15, 0.2) is 24.3 Å². The van der Waals surface area contributed by atoms with Crippen LogP contribution >= 0.6 is 15.9 Å². The summed E-state index contributed by atoms with van der Waals surface area (Å²) >= 11 is 3.36. The highest BCUT2D eigenvalue weighted by Gasteiger charge is 2.19. The van der Waals surface area contributed by atoms with E-state index in [1.165, 1.54) is 7.11 Å². The lowest BCUT2D eigenvalue weighted by molar-refractivity contribution is 0.0921. The number of nitrogens with zero attached hydrogens (tertiary/aromatic N) is 1. The standard InChI is InChI=1S/C11H14BrNO3/c1-3-16-13(11(14)15-2)10-7-5-4-6-9(10)8-12/h4-7H,3,8H2,1-2H3. The number of alkyl halides is 1. The van der Waals surface area contributed by atoms with E-state index in [-0.39, 0.29) is 0 Å². The number of hydrogen-bond acceptors (Lipinski definition) is 3. The van der Waals surface area contributed by atoms with Crippen molar-refractivity contribution < 1.29 is 14.4 Å². The summed E-state index contributed by atoms with van der Waals surface area (Å²) in [7, 11) is 1.32. The van der Waals surface area contributed by atoms with Gasteiger partial charge < -0.3 is 4.74 Å². The summed E-state index contributed by atoms with van der Waals surface area (Å²) in [6.07, 6.45) is -0.532. The Balaban J connectivity index is 3.04. The summed E-state index contributed by atoms with van der Waals surface area (Å²) in [5, 5.41) is 1.81. The minimum atomic E-state index is -0.532. The number of para-hydroxylation sites is 1. The van der Waals surface area contributed by atoms with Crippen molar-refractivity contribution in [2.45, 2.75) is 12.3 Å². The normalized spacial score (nSPS) is 9.94. The summed E-state index contributed by atoms with van der Waals surface area (Å²) in [6, 6.07) is 7.47. The van der Waals surface area contributed by atoms with E-state index in [2.05, 4.69) is 20.7 Å². The van der Waals surface area contributed by atoms with Crippen LogP contribution in [-0.4, -0.2) is 19.8 Å². The Morgan fingerprint density at radius 2 is 2.12 bits per heavy atom. The van der Waals surface area contributed by atoms with Crippen LogP contribution in [0, 0.1) is 0 Å². The SMILES string of the molecule is CCON(C(=O)OC)c1ccccc1CBr. The molecule has 1 aromatic carbocycles. The molecule has 0 heterocycles. The third-order valence-corrected chi connectivity index (χ3v) is 2.56. The maximum absolute atomic E-state index is 11.5. The number of carbonyl (C=O) groups excluding carboxylic acids is 1. The number of ether oxygens (including phenoxy) is 1. The van der Waals surface area contributed by atoms with Crippen LogP contribution < -0.4 is 5.06 Å².